The van der Waals surface area contributed by atoms with E-state index in [4.69, 9.17) is 4.74 Å². The number of fused-ring (bicyclic) bond motifs is 3. The van der Waals surface area contributed by atoms with Gasteiger partial charge in [0.05, 0.1) is 0 Å². The molecule has 0 saturated carbocycles. The van der Waals surface area contributed by atoms with Crippen LogP contribution in [-0.2, 0) is 9.53 Å². The number of alkyl carbamates (subject to hydrolysis) is 1. The number of allylic oxidation sites excluding steroid dienone is 1. The predicted octanol–water partition coefficient (Wildman–Crippen LogP) is 4.33. The Labute approximate surface area is 158 Å². The molecule has 0 spiro atoms. The molecule has 1 amide bonds. The minimum absolute atomic E-state index is 0.0536. The van der Waals surface area contributed by atoms with Crippen molar-refractivity contribution in [1.82, 2.24) is 5.32 Å². The fourth-order valence-electron chi connectivity index (χ4n) is 3.36. The van der Waals surface area contributed by atoms with Crippen LogP contribution in [0.25, 0.3) is 11.1 Å². The summed E-state index contributed by atoms with van der Waals surface area (Å²) in [6.07, 6.45) is 4.17. The van der Waals surface area contributed by atoms with Crippen molar-refractivity contribution in [3.63, 3.8) is 0 Å². The number of ether oxygens (including phenoxy) is 1. The van der Waals surface area contributed by atoms with E-state index in [-0.39, 0.29) is 12.5 Å². The molecule has 0 radical (unpaired) electrons. The molecule has 0 bridgehead atoms. The van der Waals surface area contributed by atoms with Crippen LogP contribution in [0.2, 0.25) is 0 Å². The molecule has 1 unspecified atom stereocenters. The number of carbonyl (C=O) groups is 2. The first kappa shape index (κ1) is 18.7. The molecule has 2 aromatic rings. The highest BCUT2D eigenvalue weighted by Crippen LogP contribution is 2.44. The molecule has 0 fully saturated rings. The number of benzene rings is 2. The fraction of sp³-hybridized carbons (Fsp3) is 0.273. The van der Waals surface area contributed by atoms with Crippen LogP contribution in [-0.4, -0.2) is 29.8 Å². The number of nitrogens with one attached hydrogen (secondary N) is 1. The lowest BCUT2D eigenvalue weighted by Crippen LogP contribution is -2.40. The van der Waals surface area contributed by atoms with Crippen LogP contribution in [0, 0.1) is 0 Å². The highest BCUT2D eigenvalue weighted by molar-refractivity contribution is 5.82. The van der Waals surface area contributed by atoms with Crippen molar-refractivity contribution in [2.24, 2.45) is 0 Å². The quantitative estimate of drug-likeness (QED) is 0.716. The Morgan fingerprint density at radius 1 is 1.11 bits per heavy atom. The number of rotatable bonds is 7. The molecule has 1 atom stereocenters. The number of carbonyl (C=O) groups excluding carboxylic acids is 1. The van der Waals surface area contributed by atoms with Gasteiger partial charge in [0, 0.05) is 5.92 Å². The third kappa shape index (κ3) is 4.19. The molecule has 1 aliphatic carbocycles. The van der Waals surface area contributed by atoms with E-state index in [2.05, 4.69) is 17.4 Å². The minimum atomic E-state index is -1.11. The second-order valence-electron chi connectivity index (χ2n) is 6.50. The van der Waals surface area contributed by atoms with Gasteiger partial charge in [0.15, 0.2) is 0 Å². The van der Waals surface area contributed by atoms with Crippen molar-refractivity contribution in [2.45, 2.75) is 31.7 Å². The number of amides is 1. The average Bonchev–Trinajstić information content (AvgIpc) is 2.99. The molecule has 0 heterocycles. The Kier molecular flexibility index (Phi) is 5.91. The van der Waals surface area contributed by atoms with E-state index in [0.717, 1.165) is 35.1 Å². The highest BCUT2D eigenvalue weighted by Gasteiger charge is 2.29. The van der Waals surface area contributed by atoms with Gasteiger partial charge < -0.3 is 15.2 Å². The van der Waals surface area contributed by atoms with E-state index in [1.807, 2.05) is 43.3 Å². The smallest absolute Gasteiger partial charge is 0.408 e. The fourth-order valence-corrected chi connectivity index (χ4v) is 3.36. The number of unbranched alkanes of at least 4 members (excludes halogenated alkanes) is 1. The summed E-state index contributed by atoms with van der Waals surface area (Å²) in [6.45, 7) is 2.16. The monoisotopic (exact) mass is 365 g/mol. The molecule has 3 rings (SSSR count). The summed E-state index contributed by atoms with van der Waals surface area (Å²) in [5.41, 5.74) is 4.52. The second-order valence-corrected chi connectivity index (χ2v) is 6.50. The molecule has 2 N–H and O–H groups in total. The van der Waals surface area contributed by atoms with Crippen molar-refractivity contribution < 1.29 is 19.4 Å². The third-order valence-corrected chi connectivity index (χ3v) is 4.67. The van der Waals surface area contributed by atoms with Gasteiger partial charge in [-0.25, -0.2) is 9.59 Å². The van der Waals surface area contributed by atoms with Crippen molar-refractivity contribution in [3.05, 3.63) is 71.8 Å². The minimum Gasteiger partial charge on any atom is -0.479 e. The van der Waals surface area contributed by atoms with Crippen molar-refractivity contribution >= 4 is 12.1 Å². The van der Waals surface area contributed by atoms with Gasteiger partial charge in [-0.1, -0.05) is 74.0 Å². The Morgan fingerprint density at radius 2 is 1.70 bits per heavy atom. The lowest BCUT2D eigenvalue weighted by Gasteiger charge is -2.16. The maximum atomic E-state index is 12.1. The first-order valence-electron chi connectivity index (χ1n) is 9.12. The molecular weight excluding hydrogens is 342 g/mol. The van der Waals surface area contributed by atoms with E-state index >= 15 is 0 Å². The van der Waals surface area contributed by atoms with E-state index in [1.54, 1.807) is 6.08 Å². The summed E-state index contributed by atoms with van der Waals surface area (Å²) in [6, 6.07) is 15.0. The molecule has 0 aromatic heterocycles. The first-order valence-corrected chi connectivity index (χ1v) is 9.12. The number of carboxylic acids is 1. The SMILES string of the molecule is CCC/C=C/C(NC(=O)OCC1c2ccccc2-c2ccccc21)C(=O)O. The largest absolute Gasteiger partial charge is 0.479 e. The van der Waals surface area contributed by atoms with Gasteiger partial charge in [0.2, 0.25) is 0 Å². The summed E-state index contributed by atoms with van der Waals surface area (Å²) in [5, 5.41) is 11.6. The average molecular weight is 365 g/mol. The van der Waals surface area contributed by atoms with Crippen LogP contribution in [0.5, 0.6) is 0 Å². The van der Waals surface area contributed by atoms with Crippen LogP contribution in [0.3, 0.4) is 0 Å². The van der Waals surface area contributed by atoms with E-state index in [1.165, 1.54) is 6.08 Å². The zero-order chi connectivity index (χ0) is 19.2. The number of aliphatic carboxylic acids is 1. The van der Waals surface area contributed by atoms with Gasteiger partial charge in [0.25, 0.3) is 0 Å². The molecule has 1 aliphatic rings. The number of carboxylic acid groups (broad SMARTS) is 1. The lowest BCUT2D eigenvalue weighted by atomic mass is 9.98. The van der Waals surface area contributed by atoms with Crippen LogP contribution in [0.4, 0.5) is 4.79 Å². The zero-order valence-corrected chi connectivity index (χ0v) is 15.2. The Hall–Kier alpha value is -3.08. The summed E-state index contributed by atoms with van der Waals surface area (Å²) in [4.78, 5) is 23.4. The lowest BCUT2D eigenvalue weighted by molar-refractivity contribution is -0.138. The topological polar surface area (TPSA) is 75.6 Å². The summed E-state index contributed by atoms with van der Waals surface area (Å²) in [7, 11) is 0. The molecule has 0 aliphatic heterocycles. The maximum absolute atomic E-state index is 12.1. The highest BCUT2D eigenvalue weighted by atomic mass is 16.5. The third-order valence-electron chi connectivity index (χ3n) is 4.67. The zero-order valence-electron chi connectivity index (χ0n) is 15.2. The van der Waals surface area contributed by atoms with Crippen LogP contribution in [0.1, 0.15) is 36.8 Å². The van der Waals surface area contributed by atoms with Crippen molar-refractivity contribution in [3.8, 4) is 11.1 Å². The van der Waals surface area contributed by atoms with Gasteiger partial charge in [-0.05, 0) is 28.7 Å². The Balaban J connectivity index is 1.68. The summed E-state index contributed by atoms with van der Waals surface area (Å²) < 4.78 is 5.38. The number of hydrogen-bond donors (Lipinski definition) is 2. The predicted molar refractivity (Wildman–Crippen MR) is 104 cm³/mol. The first-order chi connectivity index (χ1) is 13.1. The molecule has 140 valence electrons. The second kappa shape index (κ2) is 8.54. The molecule has 5 heteroatoms. The summed E-state index contributed by atoms with van der Waals surface area (Å²) in [5.74, 6) is -1.17. The van der Waals surface area contributed by atoms with Gasteiger partial charge in [-0.3, -0.25) is 0 Å². The Bertz CT molecular complexity index is 813. The standard InChI is InChI=1S/C22H23NO4/c1-2-3-4-13-20(21(24)25)23-22(26)27-14-19-17-11-7-5-9-15(17)16-10-6-8-12-18(16)19/h4-13,19-20H,2-3,14H2,1H3,(H,23,26)(H,24,25)/b13-4+. The van der Waals surface area contributed by atoms with Crippen molar-refractivity contribution in [2.75, 3.05) is 6.61 Å². The van der Waals surface area contributed by atoms with Gasteiger partial charge >= 0.3 is 12.1 Å². The van der Waals surface area contributed by atoms with E-state index in [9.17, 15) is 14.7 Å². The van der Waals surface area contributed by atoms with Crippen LogP contribution < -0.4 is 5.32 Å². The Morgan fingerprint density at radius 3 is 2.26 bits per heavy atom. The van der Waals surface area contributed by atoms with E-state index < -0.39 is 18.1 Å². The molecule has 27 heavy (non-hydrogen) atoms. The van der Waals surface area contributed by atoms with Crippen LogP contribution >= 0.6 is 0 Å². The number of hydrogen-bond acceptors (Lipinski definition) is 3. The molecule has 0 saturated heterocycles. The van der Waals surface area contributed by atoms with Crippen molar-refractivity contribution in [1.29, 1.82) is 0 Å². The van der Waals surface area contributed by atoms with E-state index in [0.29, 0.717) is 0 Å². The van der Waals surface area contributed by atoms with Gasteiger partial charge in [0.1, 0.15) is 12.6 Å². The molecule has 2 aromatic carbocycles. The normalized spacial score (nSPS) is 13.8. The van der Waals surface area contributed by atoms with Crippen LogP contribution in [0.15, 0.2) is 60.7 Å². The van der Waals surface area contributed by atoms with Gasteiger partial charge in [-0.15, -0.1) is 0 Å². The molecule has 5 nitrogen and oxygen atoms in total. The summed E-state index contributed by atoms with van der Waals surface area (Å²) >= 11 is 0. The van der Waals surface area contributed by atoms with Gasteiger partial charge in [-0.2, -0.15) is 0 Å². The maximum Gasteiger partial charge on any atom is 0.408 e. The molecular formula is C22H23NO4.